The van der Waals surface area contributed by atoms with Crippen molar-refractivity contribution in [3.05, 3.63) is 71.4 Å². The SMILES string of the molecule is CC(/C=C(/C)Nc1c(F)cccc1F)=Nc1c(F)cccc1F. The van der Waals surface area contributed by atoms with Crippen molar-refractivity contribution in [2.45, 2.75) is 13.8 Å². The lowest BCUT2D eigenvalue weighted by atomic mass is 10.2. The number of hydrogen-bond donors (Lipinski definition) is 1. The monoisotopic (exact) mass is 322 g/mol. The van der Waals surface area contributed by atoms with Crippen LogP contribution in [-0.2, 0) is 0 Å². The molecule has 2 aromatic carbocycles. The molecular weight excluding hydrogens is 308 g/mol. The number of nitrogens with one attached hydrogen (secondary N) is 1. The molecule has 6 heteroatoms. The molecule has 0 aliphatic rings. The Morgan fingerprint density at radius 1 is 0.870 bits per heavy atom. The Kier molecular flexibility index (Phi) is 5.16. The van der Waals surface area contributed by atoms with E-state index in [0.717, 1.165) is 24.3 Å². The number of para-hydroxylation sites is 2. The first-order valence-electron chi connectivity index (χ1n) is 6.77. The molecule has 0 aliphatic carbocycles. The summed E-state index contributed by atoms with van der Waals surface area (Å²) in [7, 11) is 0. The van der Waals surface area contributed by atoms with E-state index in [-0.39, 0.29) is 11.4 Å². The number of aliphatic imine (C=N–C) groups is 1. The van der Waals surface area contributed by atoms with E-state index in [4.69, 9.17) is 0 Å². The van der Waals surface area contributed by atoms with Gasteiger partial charge in [0.05, 0.1) is 0 Å². The highest BCUT2D eigenvalue weighted by Crippen LogP contribution is 2.23. The summed E-state index contributed by atoms with van der Waals surface area (Å²) in [6, 6.07) is 6.92. The zero-order chi connectivity index (χ0) is 17.0. The fourth-order valence-electron chi connectivity index (χ4n) is 1.97. The fourth-order valence-corrected chi connectivity index (χ4v) is 1.97. The fraction of sp³-hybridized carbons (Fsp3) is 0.118. The Bertz CT molecular complexity index is 742. The van der Waals surface area contributed by atoms with Crippen LogP contribution in [0.3, 0.4) is 0 Å². The molecule has 1 N–H and O–H groups in total. The average Bonchev–Trinajstić information content (AvgIpc) is 2.47. The van der Waals surface area contributed by atoms with Crippen molar-refractivity contribution in [1.29, 1.82) is 0 Å². The van der Waals surface area contributed by atoms with E-state index < -0.39 is 29.0 Å². The summed E-state index contributed by atoms with van der Waals surface area (Å²) in [5.74, 6) is -3.06. The predicted molar refractivity (Wildman–Crippen MR) is 82.9 cm³/mol. The molecule has 0 aliphatic heterocycles. The third-order valence-electron chi connectivity index (χ3n) is 2.94. The van der Waals surface area contributed by atoms with Crippen LogP contribution in [0.1, 0.15) is 13.8 Å². The second-order valence-electron chi connectivity index (χ2n) is 4.87. The minimum atomic E-state index is -0.788. The third kappa shape index (κ3) is 4.18. The van der Waals surface area contributed by atoms with Gasteiger partial charge in [-0.15, -0.1) is 0 Å². The highest BCUT2D eigenvalue weighted by Gasteiger charge is 2.09. The van der Waals surface area contributed by atoms with E-state index in [9.17, 15) is 17.6 Å². The molecule has 2 nitrogen and oxygen atoms in total. The molecular formula is C17H14F4N2. The summed E-state index contributed by atoms with van der Waals surface area (Å²) in [5.41, 5.74) is -0.0695. The minimum Gasteiger partial charge on any atom is -0.354 e. The molecule has 0 atom stereocenters. The summed E-state index contributed by atoms with van der Waals surface area (Å²) in [4.78, 5) is 3.85. The molecule has 0 saturated carbocycles. The highest BCUT2D eigenvalue weighted by molar-refractivity contribution is 5.95. The average molecular weight is 322 g/mol. The molecule has 0 unspecified atom stereocenters. The van der Waals surface area contributed by atoms with Gasteiger partial charge in [-0.2, -0.15) is 0 Å². The molecule has 0 heterocycles. The van der Waals surface area contributed by atoms with Gasteiger partial charge in [-0.1, -0.05) is 12.1 Å². The summed E-state index contributed by atoms with van der Waals surface area (Å²) < 4.78 is 54.1. The van der Waals surface area contributed by atoms with Gasteiger partial charge in [0.1, 0.15) is 23.0 Å². The molecule has 0 bridgehead atoms. The first kappa shape index (κ1) is 16.7. The Morgan fingerprint density at radius 3 is 1.87 bits per heavy atom. The standard InChI is InChI=1S/C17H14F4N2/c1-10(22-16-12(18)5-3-6-13(16)19)9-11(2)23-17-14(20)7-4-8-15(17)21/h3-9,22H,1-2H3/b10-9-,23-11?. The van der Waals surface area contributed by atoms with Crippen LogP contribution in [-0.4, -0.2) is 5.71 Å². The van der Waals surface area contributed by atoms with Crippen LogP contribution in [0.4, 0.5) is 28.9 Å². The van der Waals surface area contributed by atoms with Crippen LogP contribution in [0.5, 0.6) is 0 Å². The third-order valence-corrected chi connectivity index (χ3v) is 2.94. The van der Waals surface area contributed by atoms with Gasteiger partial charge < -0.3 is 5.32 Å². The van der Waals surface area contributed by atoms with Gasteiger partial charge >= 0.3 is 0 Å². The van der Waals surface area contributed by atoms with Crippen molar-refractivity contribution < 1.29 is 17.6 Å². The summed E-state index contributed by atoms with van der Waals surface area (Å²) in [5, 5.41) is 2.57. The first-order chi connectivity index (χ1) is 10.9. The van der Waals surface area contributed by atoms with Crippen molar-refractivity contribution in [2.24, 2.45) is 4.99 Å². The maximum atomic E-state index is 13.5. The molecule has 23 heavy (non-hydrogen) atoms. The first-order valence-corrected chi connectivity index (χ1v) is 6.77. The summed E-state index contributed by atoms with van der Waals surface area (Å²) in [6.45, 7) is 3.08. The van der Waals surface area contributed by atoms with Crippen molar-refractivity contribution in [3.63, 3.8) is 0 Å². The normalized spacial score (nSPS) is 12.4. The zero-order valence-corrected chi connectivity index (χ0v) is 12.5. The molecule has 0 radical (unpaired) electrons. The van der Waals surface area contributed by atoms with Crippen LogP contribution in [0.15, 0.2) is 53.2 Å². The number of benzene rings is 2. The maximum absolute atomic E-state index is 13.5. The second-order valence-corrected chi connectivity index (χ2v) is 4.87. The quantitative estimate of drug-likeness (QED) is 0.595. The lowest BCUT2D eigenvalue weighted by Gasteiger charge is -2.09. The van der Waals surface area contributed by atoms with Crippen LogP contribution < -0.4 is 5.32 Å². The van der Waals surface area contributed by atoms with Gasteiger partial charge in [-0.3, -0.25) is 0 Å². The molecule has 2 rings (SSSR count). The van der Waals surface area contributed by atoms with Gasteiger partial charge in [-0.25, -0.2) is 22.6 Å². The van der Waals surface area contributed by atoms with E-state index in [1.54, 1.807) is 6.92 Å². The molecule has 0 fully saturated rings. The Hall–Kier alpha value is -2.63. The summed E-state index contributed by atoms with van der Waals surface area (Å²) >= 11 is 0. The van der Waals surface area contributed by atoms with E-state index in [1.807, 2.05) is 0 Å². The van der Waals surface area contributed by atoms with Crippen molar-refractivity contribution in [3.8, 4) is 0 Å². The topological polar surface area (TPSA) is 24.4 Å². The highest BCUT2D eigenvalue weighted by atomic mass is 19.1. The number of allylic oxidation sites excluding steroid dienone is 2. The summed E-state index contributed by atoms with van der Waals surface area (Å²) in [6.07, 6.45) is 1.43. The van der Waals surface area contributed by atoms with Crippen molar-refractivity contribution in [1.82, 2.24) is 0 Å². The minimum absolute atomic E-state index is 0.274. The number of anilines is 1. The largest absolute Gasteiger partial charge is 0.354 e. The van der Waals surface area contributed by atoms with E-state index in [0.29, 0.717) is 5.70 Å². The predicted octanol–water partition coefficient (Wildman–Crippen LogP) is 5.35. The Balaban J connectivity index is 2.25. The van der Waals surface area contributed by atoms with Crippen molar-refractivity contribution >= 4 is 17.1 Å². The van der Waals surface area contributed by atoms with Crippen LogP contribution >= 0.6 is 0 Å². The molecule has 0 saturated heterocycles. The number of hydrogen-bond acceptors (Lipinski definition) is 2. The lowest BCUT2D eigenvalue weighted by molar-refractivity contribution is 0.587. The molecule has 0 aromatic heterocycles. The zero-order valence-electron chi connectivity index (χ0n) is 12.5. The van der Waals surface area contributed by atoms with Crippen LogP contribution in [0.25, 0.3) is 0 Å². The van der Waals surface area contributed by atoms with Gasteiger partial charge in [0.2, 0.25) is 0 Å². The molecule has 2 aromatic rings. The smallest absolute Gasteiger partial charge is 0.151 e. The van der Waals surface area contributed by atoms with Gasteiger partial charge in [0.15, 0.2) is 11.6 Å². The Labute approximate surface area is 131 Å². The number of rotatable bonds is 4. The maximum Gasteiger partial charge on any atom is 0.151 e. The second kappa shape index (κ2) is 7.09. The Morgan fingerprint density at radius 2 is 1.35 bits per heavy atom. The van der Waals surface area contributed by atoms with Crippen LogP contribution in [0, 0.1) is 23.3 Å². The molecule has 120 valence electrons. The van der Waals surface area contributed by atoms with Crippen LogP contribution in [0.2, 0.25) is 0 Å². The van der Waals surface area contributed by atoms with E-state index >= 15 is 0 Å². The molecule has 0 spiro atoms. The molecule has 0 amide bonds. The number of nitrogens with zero attached hydrogens (tertiary/aromatic N) is 1. The van der Waals surface area contributed by atoms with E-state index in [1.165, 1.54) is 25.1 Å². The van der Waals surface area contributed by atoms with Gasteiger partial charge in [-0.05, 0) is 44.2 Å². The number of halogens is 4. The van der Waals surface area contributed by atoms with E-state index in [2.05, 4.69) is 10.3 Å². The van der Waals surface area contributed by atoms with Crippen molar-refractivity contribution in [2.75, 3.05) is 5.32 Å². The lowest BCUT2D eigenvalue weighted by Crippen LogP contribution is -2.03. The van der Waals surface area contributed by atoms with Gasteiger partial charge in [0, 0.05) is 11.4 Å². The van der Waals surface area contributed by atoms with Gasteiger partial charge in [0.25, 0.3) is 0 Å².